The molecule has 9 heteroatoms. The lowest BCUT2D eigenvalue weighted by Gasteiger charge is -2.26. The first-order valence-corrected chi connectivity index (χ1v) is 6.13. The number of carbonyl (C=O) groups is 2. The monoisotopic (exact) mass is 309 g/mol. The lowest BCUT2D eigenvalue weighted by Crippen LogP contribution is -2.61. The average molecular weight is 309 g/mol. The number of carbonyl (C=O) groups excluding carboxylic acids is 2. The molecule has 118 valence electrons. The molecule has 0 spiro atoms. The molecule has 0 radical (unpaired) electrons. The molecule has 2 N–H and O–H groups in total. The van der Waals surface area contributed by atoms with Crippen LogP contribution in [0.25, 0.3) is 0 Å². The van der Waals surface area contributed by atoms with E-state index in [1.165, 1.54) is 0 Å². The molecule has 0 fully saturated rings. The van der Waals surface area contributed by atoms with Crippen molar-refractivity contribution in [1.82, 2.24) is 14.1 Å². The summed E-state index contributed by atoms with van der Waals surface area (Å²) in [7, 11) is 0. The largest absolute Gasteiger partial charge is 0.373 e. The Bertz CT molecular complexity index is 803. The highest BCUT2D eigenvalue weighted by Gasteiger charge is 2.43. The van der Waals surface area contributed by atoms with Gasteiger partial charge in [-0.15, -0.1) is 0 Å². The lowest BCUT2D eigenvalue weighted by molar-refractivity contribution is -0.133. The van der Waals surface area contributed by atoms with E-state index in [-0.39, 0.29) is 4.57 Å². The van der Waals surface area contributed by atoms with Gasteiger partial charge in [-0.25, -0.2) is 23.5 Å². The summed E-state index contributed by atoms with van der Waals surface area (Å²) in [5.41, 5.74) is -6.00. The molecule has 0 aliphatic rings. The summed E-state index contributed by atoms with van der Waals surface area (Å²) >= 11 is 0. The predicted molar refractivity (Wildman–Crippen MR) is 76.6 cm³/mol. The van der Waals surface area contributed by atoms with E-state index in [1.807, 2.05) is 0 Å². The summed E-state index contributed by atoms with van der Waals surface area (Å²) in [5, 5.41) is 9.48. The van der Waals surface area contributed by atoms with Crippen LogP contribution >= 0.6 is 0 Å². The number of rotatable bonds is 6. The minimum absolute atomic E-state index is 0.259. The Labute approximate surface area is 123 Å². The molecule has 1 heterocycles. The molecule has 0 saturated carbocycles. The molecule has 0 aliphatic carbocycles. The predicted octanol–water partition coefficient (Wildman–Crippen LogP) is -1.57. The van der Waals surface area contributed by atoms with Gasteiger partial charge >= 0.3 is 17.1 Å². The van der Waals surface area contributed by atoms with Gasteiger partial charge in [-0.2, -0.15) is 0 Å². The topological polar surface area (TPSA) is 131 Å². The third-order valence-corrected chi connectivity index (χ3v) is 3.18. The zero-order valence-electron chi connectivity index (χ0n) is 12.0. The Morgan fingerprint density at radius 2 is 1.64 bits per heavy atom. The Hall–Kier alpha value is -2.81. The molecule has 9 nitrogen and oxygen atoms in total. The molecular formula is C13H15N3O6. The van der Waals surface area contributed by atoms with Gasteiger partial charge < -0.3 is 5.11 Å². The van der Waals surface area contributed by atoms with Crippen molar-refractivity contribution in [2.24, 2.45) is 0 Å². The van der Waals surface area contributed by atoms with Gasteiger partial charge in [0.15, 0.2) is 17.1 Å². The average Bonchev–Trinajstić information content (AvgIpc) is 2.43. The lowest BCUT2D eigenvalue weighted by atomic mass is 9.90. The third-order valence-electron chi connectivity index (χ3n) is 3.18. The highest BCUT2D eigenvalue weighted by molar-refractivity contribution is 6.16. The summed E-state index contributed by atoms with van der Waals surface area (Å²) in [5.74, 6) is -1.89. The van der Waals surface area contributed by atoms with Crippen LogP contribution in [0.15, 0.2) is 39.7 Å². The summed E-state index contributed by atoms with van der Waals surface area (Å²) in [4.78, 5) is 61.7. The van der Waals surface area contributed by atoms with E-state index >= 15 is 0 Å². The van der Waals surface area contributed by atoms with Gasteiger partial charge in [-0.1, -0.05) is 13.2 Å². The standard InChI is InChI=1S/C13H15N3O6/c1-5-8(18)13(4,9(19)6-2)16-11(21)14-10(20)15(7(3)17)12(16)22/h5-7,17H,1-2H2,3-4H3,(H,14,20,21). The highest BCUT2D eigenvalue weighted by atomic mass is 16.3. The molecular weight excluding hydrogens is 294 g/mol. The quantitative estimate of drug-likeness (QED) is 0.482. The van der Waals surface area contributed by atoms with Crippen LogP contribution < -0.4 is 17.1 Å². The van der Waals surface area contributed by atoms with Crippen molar-refractivity contribution in [2.75, 3.05) is 0 Å². The fourth-order valence-electron chi connectivity index (χ4n) is 1.95. The van der Waals surface area contributed by atoms with Gasteiger partial charge in [0, 0.05) is 0 Å². The second-order valence-corrected chi connectivity index (χ2v) is 4.56. The van der Waals surface area contributed by atoms with Crippen molar-refractivity contribution in [1.29, 1.82) is 0 Å². The van der Waals surface area contributed by atoms with Crippen LogP contribution in [0.2, 0.25) is 0 Å². The van der Waals surface area contributed by atoms with Gasteiger partial charge in [0.25, 0.3) is 0 Å². The van der Waals surface area contributed by atoms with Gasteiger partial charge in [0.1, 0.15) is 6.23 Å². The van der Waals surface area contributed by atoms with Gasteiger partial charge in [0.2, 0.25) is 0 Å². The smallest absolute Gasteiger partial charge is 0.339 e. The molecule has 1 aromatic heterocycles. The van der Waals surface area contributed by atoms with Crippen LogP contribution in [-0.4, -0.2) is 30.8 Å². The number of aliphatic hydroxyl groups excluding tert-OH is 1. The first-order chi connectivity index (χ1) is 10.1. The molecule has 1 unspecified atom stereocenters. The maximum atomic E-state index is 12.3. The zero-order valence-corrected chi connectivity index (χ0v) is 12.0. The summed E-state index contributed by atoms with van der Waals surface area (Å²) in [6.07, 6.45) is -0.0408. The van der Waals surface area contributed by atoms with Crippen molar-refractivity contribution >= 4 is 11.6 Å². The number of aromatic nitrogens is 3. The SMILES string of the molecule is C=CC(=O)C(C)(C(=O)C=C)n1c(=O)[nH]c(=O)n(C(C)O)c1=O. The van der Waals surface area contributed by atoms with Crippen molar-refractivity contribution in [3.8, 4) is 0 Å². The minimum atomic E-state index is -2.27. The number of aromatic amines is 1. The minimum Gasteiger partial charge on any atom is -0.373 e. The van der Waals surface area contributed by atoms with Gasteiger partial charge in [-0.3, -0.25) is 14.6 Å². The van der Waals surface area contributed by atoms with Crippen LogP contribution in [0.1, 0.15) is 20.1 Å². The normalized spacial score (nSPS) is 12.5. The molecule has 0 aliphatic heterocycles. The fraction of sp³-hybridized carbons (Fsp3) is 0.308. The van der Waals surface area contributed by atoms with E-state index in [2.05, 4.69) is 13.2 Å². The van der Waals surface area contributed by atoms with E-state index in [0.29, 0.717) is 4.57 Å². The van der Waals surface area contributed by atoms with Crippen molar-refractivity contribution < 1.29 is 14.7 Å². The number of H-pyrrole nitrogens is 1. The van der Waals surface area contributed by atoms with E-state index in [1.54, 1.807) is 4.98 Å². The third kappa shape index (κ3) is 2.42. The number of nitrogens with one attached hydrogen (secondary N) is 1. The van der Waals surface area contributed by atoms with Crippen LogP contribution in [-0.2, 0) is 15.1 Å². The van der Waals surface area contributed by atoms with Crippen LogP contribution in [0.5, 0.6) is 0 Å². The van der Waals surface area contributed by atoms with Crippen LogP contribution in [0.4, 0.5) is 0 Å². The number of nitrogens with zero attached hydrogens (tertiary/aromatic N) is 2. The molecule has 1 aromatic rings. The Kier molecular flexibility index (Phi) is 4.62. The molecule has 0 amide bonds. The van der Waals surface area contributed by atoms with Gasteiger partial charge in [0.05, 0.1) is 0 Å². The fourth-order valence-corrected chi connectivity index (χ4v) is 1.95. The Morgan fingerprint density at radius 1 is 1.18 bits per heavy atom. The molecule has 0 aromatic carbocycles. The van der Waals surface area contributed by atoms with Crippen LogP contribution in [0, 0.1) is 0 Å². The molecule has 0 saturated heterocycles. The second-order valence-electron chi connectivity index (χ2n) is 4.56. The number of allylic oxidation sites excluding steroid dienone is 2. The van der Waals surface area contributed by atoms with E-state index in [9.17, 15) is 29.1 Å². The number of ketones is 2. The van der Waals surface area contributed by atoms with E-state index in [4.69, 9.17) is 0 Å². The molecule has 0 bridgehead atoms. The van der Waals surface area contributed by atoms with E-state index in [0.717, 1.165) is 26.0 Å². The van der Waals surface area contributed by atoms with Crippen molar-refractivity contribution in [2.45, 2.75) is 25.6 Å². The summed E-state index contributed by atoms with van der Waals surface area (Å²) in [6, 6.07) is 0. The summed E-state index contributed by atoms with van der Waals surface area (Å²) < 4.78 is 0.557. The van der Waals surface area contributed by atoms with Crippen molar-refractivity contribution in [3.05, 3.63) is 56.8 Å². The van der Waals surface area contributed by atoms with Gasteiger partial charge in [-0.05, 0) is 26.0 Å². The number of hydrogen-bond donors (Lipinski definition) is 2. The Morgan fingerprint density at radius 3 is 2.00 bits per heavy atom. The first kappa shape index (κ1) is 17.2. The first-order valence-electron chi connectivity index (χ1n) is 6.13. The maximum absolute atomic E-state index is 12.3. The van der Waals surface area contributed by atoms with E-state index < -0.39 is 40.4 Å². The molecule has 22 heavy (non-hydrogen) atoms. The Balaban J connectivity index is 4.03. The van der Waals surface area contributed by atoms with Crippen LogP contribution in [0.3, 0.4) is 0 Å². The number of hydrogen-bond acceptors (Lipinski definition) is 6. The van der Waals surface area contributed by atoms with Crippen molar-refractivity contribution in [3.63, 3.8) is 0 Å². The zero-order chi connectivity index (χ0) is 17.2. The molecule has 1 atom stereocenters. The number of aliphatic hydroxyl groups is 1. The second kappa shape index (κ2) is 5.90. The highest BCUT2D eigenvalue weighted by Crippen LogP contribution is 2.16. The molecule has 1 rings (SSSR count). The maximum Gasteiger partial charge on any atom is 0.339 e. The summed E-state index contributed by atoms with van der Waals surface area (Å²) in [6.45, 7) is 8.57.